The van der Waals surface area contributed by atoms with Crippen molar-refractivity contribution in [3.63, 3.8) is 0 Å². The van der Waals surface area contributed by atoms with Crippen molar-refractivity contribution in [2.75, 3.05) is 0 Å². The predicted octanol–water partition coefficient (Wildman–Crippen LogP) is 3.22. The standard InChI is InChI=1S/C14H13F3N2O2/c1-9-2-5-11(6-3-9)19-13(14(15,16)17)10(8-18-19)4-7-12(20)21/h2-3,5-6,8H,4,7H2,1H3,(H,20,21). The van der Waals surface area contributed by atoms with E-state index in [2.05, 4.69) is 5.10 Å². The van der Waals surface area contributed by atoms with Gasteiger partial charge in [0.1, 0.15) is 0 Å². The number of hydrogen-bond acceptors (Lipinski definition) is 2. The quantitative estimate of drug-likeness (QED) is 0.943. The van der Waals surface area contributed by atoms with Gasteiger partial charge in [-0.25, -0.2) is 4.68 Å². The number of aromatic nitrogens is 2. The van der Waals surface area contributed by atoms with Gasteiger partial charge in [0.15, 0.2) is 5.69 Å². The van der Waals surface area contributed by atoms with Crippen molar-refractivity contribution in [2.45, 2.75) is 25.9 Å². The highest BCUT2D eigenvalue weighted by molar-refractivity contribution is 5.67. The maximum atomic E-state index is 13.2. The van der Waals surface area contributed by atoms with Crippen LogP contribution in [0.4, 0.5) is 13.2 Å². The fourth-order valence-corrected chi connectivity index (χ4v) is 1.99. The van der Waals surface area contributed by atoms with E-state index in [0.717, 1.165) is 16.4 Å². The van der Waals surface area contributed by atoms with E-state index >= 15 is 0 Å². The molecule has 2 aromatic rings. The number of carboxylic acids is 1. The summed E-state index contributed by atoms with van der Waals surface area (Å²) in [7, 11) is 0. The molecule has 0 aliphatic rings. The zero-order valence-corrected chi connectivity index (χ0v) is 11.2. The van der Waals surface area contributed by atoms with Gasteiger partial charge < -0.3 is 5.11 Å². The molecule has 0 unspecified atom stereocenters. The van der Waals surface area contributed by atoms with Gasteiger partial charge in [-0.2, -0.15) is 18.3 Å². The minimum Gasteiger partial charge on any atom is -0.481 e. The van der Waals surface area contributed by atoms with Crippen molar-refractivity contribution < 1.29 is 23.1 Å². The normalized spacial score (nSPS) is 11.6. The third-order valence-electron chi connectivity index (χ3n) is 3.00. The molecular formula is C14H13F3N2O2. The summed E-state index contributed by atoms with van der Waals surface area (Å²) < 4.78 is 40.5. The minimum absolute atomic E-state index is 0.120. The van der Waals surface area contributed by atoms with E-state index in [0.29, 0.717) is 0 Å². The van der Waals surface area contributed by atoms with Crippen LogP contribution in [-0.4, -0.2) is 20.9 Å². The summed E-state index contributed by atoms with van der Waals surface area (Å²) in [4.78, 5) is 10.5. The van der Waals surface area contributed by atoms with Crippen LogP contribution < -0.4 is 0 Å². The van der Waals surface area contributed by atoms with Gasteiger partial charge in [0.05, 0.1) is 11.9 Å². The lowest BCUT2D eigenvalue weighted by Crippen LogP contribution is -2.16. The first kappa shape index (κ1) is 15.1. The maximum absolute atomic E-state index is 13.2. The molecule has 1 aromatic carbocycles. The second-order valence-corrected chi connectivity index (χ2v) is 4.66. The molecule has 0 amide bonds. The SMILES string of the molecule is Cc1ccc(-n2ncc(CCC(=O)O)c2C(F)(F)F)cc1. The number of rotatable bonds is 4. The van der Waals surface area contributed by atoms with E-state index in [-0.39, 0.29) is 24.1 Å². The molecule has 21 heavy (non-hydrogen) atoms. The van der Waals surface area contributed by atoms with E-state index in [1.165, 1.54) is 0 Å². The lowest BCUT2D eigenvalue weighted by Gasteiger charge is -2.12. The molecule has 0 aliphatic carbocycles. The van der Waals surface area contributed by atoms with Crippen LogP contribution in [0.2, 0.25) is 0 Å². The number of aryl methyl sites for hydroxylation is 2. The minimum atomic E-state index is -4.60. The van der Waals surface area contributed by atoms with Crippen molar-refractivity contribution in [1.29, 1.82) is 0 Å². The van der Waals surface area contributed by atoms with Crippen LogP contribution in [0, 0.1) is 6.92 Å². The molecular weight excluding hydrogens is 285 g/mol. The first-order valence-electron chi connectivity index (χ1n) is 6.22. The van der Waals surface area contributed by atoms with E-state index in [1.807, 2.05) is 6.92 Å². The summed E-state index contributed by atoms with van der Waals surface area (Å²) in [5, 5.41) is 12.4. The number of nitrogens with zero attached hydrogens (tertiary/aromatic N) is 2. The molecule has 0 radical (unpaired) electrons. The van der Waals surface area contributed by atoms with Gasteiger partial charge in [-0.1, -0.05) is 17.7 Å². The Morgan fingerprint density at radius 3 is 2.43 bits per heavy atom. The Labute approximate surface area is 118 Å². The zero-order chi connectivity index (χ0) is 15.6. The average molecular weight is 298 g/mol. The fourth-order valence-electron chi connectivity index (χ4n) is 1.99. The highest BCUT2D eigenvalue weighted by Crippen LogP contribution is 2.34. The Morgan fingerprint density at radius 2 is 1.90 bits per heavy atom. The molecule has 0 aliphatic heterocycles. The smallest absolute Gasteiger partial charge is 0.433 e. The van der Waals surface area contributed by atoms with Gasteiger partial charge in [-0.05, 0) is 25.5 Å². The molecule has 0 atom stereocenters. The van der Waals surface area contributed by atoms with Gasteiger partial charge in [0.2, 0.25) is 0 Å². The topological polar surface area (TPSA) is 55.1 Å². The van der Waals surface area contributed by atoms with Crippen molar-refractivity contribution in [3.05, 3.63) is 47.3 Å². The number of benzene rings is 1. The number of alkyl halides is 3. The van der Waals surface area contributed by atoms with Crippen LogP contribution in [0.5, 0.6) is 0 Å². The Kier molecular flexibility index (Phi) is 4.02. The van der Waals surface area contributed by atoms with E-state index < -0.39 is 17.8 Å². The molecule has 1 heterocycles. The summed E-state index contributed by atoms with van der Waals surface area (Å²) >= 11 is 0. The molecule has 7 heteroatoms. The molecule has 0 spiro atoms. The molecule has 0 saturated carbocycles. The van der Waals surface area contributed by atoms with Crippen molar-refractivity contribution in [2.24, 2.45) is 0 Å². The van der Waals surface area contributed by atoms with Gasteiger partial charge in [-0.3, -0.25) is 4.79 Å². The third kappa shape index (κ3) is 3.42. The molecule has 4 nitrogen and oxygen atoms in total. The summed E-state index contributed by atoms with van der Waals surface area (Å²) in [5.41, 5.74) is 0.165. The summed E-state index contributed by atoms with van der Waals surface area (Å²) in [6.45, 7) is 1.83. The second kappa shape index (κ2) is 5.59. The van der Waals surface area contributed by atoms with Crippen molar-refractivity contribution in [1.82, 2.24) is 9.78 Å². The summed E-state index contributed by atoms with van der Waals surface area (Å²) in [6, 6.07) is 6.46. The van der Waals surface area contributed by atoms with E-state index in [4.69, 9.17) is 5.11 Å². The number of carbonyl (C=O) groups is 1. The van der Waals surface area contributed by atoms with Crippen LogP contribution in [0.15, 0.2) is 30.5 Å². The Hall–Kier alpha value is -2.31. The largest absolute Gasteiger partial charge is 0.481 e. The number of aliphatic carboxylic acids is 1. The monoisotopic (exact) mass is 298 g/mol. The number of carboxylic acid groups (broad SMARTS) is 1. The average Bonchev–Trinajstić information content (AvgIpc) is 2.81. The fraction of sp³-hybridized carbons (Fsp3) is 0.286. The Morgan fingerprint density at radius 1 is 1.29 bits per heavy atom. The van der Waals surface area contributed by atoms with Crippen molar-refractivity contribution in [3.8, 4) is 5.69 Å². The Balaban J connectivity index is 2.46. The third-order valence-corrected chi connectivity index (χ3v) is 3.00. The summed E-state index contributed by atoms with van der Waals surface area (Å²) in [5.74, 6) is -1.15. The lowest BCUT2D eigenvalue weighted by molar-refractivity contribution is -0.144. The highest BCUT2D eigenvalue weighted by atomic mass is 19.4. The van der Waals surface area contributed by atoms with Gasteiger partial charge in [-0.15, -0.1) is 0 Å². The predicted molar refractivity (Wildman–Crippen MR) is 69.3 cm³/mol. The number of hydrogen-bond donors (Lipinski definition) is 1. The molecule has 0 saturated heterocycles. The maximum Gasteiger partial charge on any atom is 0.433 e. The van der Waals surface area contributed by atoms with Crippen LogP contribution in [0.25, 0.3) is 5.69 Å². The molecule has 2 rings (SSSR count). The van der Waals surface area contributed by atoms with Gasteiger partial charge in [0.25, 0.3) is 0 Å². The van der Waals surface area contributed by atoms with E-state index in [1.54, 1.807) is 24.3 Å². The molecule has 112 valence electrons. The Bertz CT molecular complexity index is 645. The first-order valence-corrected chi connectivity index (χ1v) is 6.22. The zero-order valence-electron chi connectivity index (χ0n) is 11.2. The van der Waals surface area contributed by atoms with E-state index in [9.17, 15) is 18.0 Å². The number of halogens is 3. The van der Waals surface area contributed by atoms with Crippen LogP contribution >= 0.6 is 0 Å². The summed E-state index contributed by atoms with van der Waals surface area (Å²) in [6.07, 6.45) is -4.11. The molecule has 1 aromatic heterocycles. The van der Waals surface area contributed by atoms with Crippen LogP contribution in [-0.2, 0) is 17.4 Å². The molecule has 0 fully saturated rings. The van der Waals surface area contributed by atoms with Crippen LogP contribution in [0.1, 0.15) is 23.2 Å². The highest BCUT2D eigenvalue weighted by Gasteiger charge is 2.38. The molecule has 0 bridgehead atoms. The van der Waals surface area contributed by atoms with Crippen LogP contribution in [0.3, 0.4) is 0 Å². The van der Waals surface area contributed by atoms with Crippen molar-refractivity contribution >= 4 is 5.97 Å². The first-order chi connectivity index (χ1) is 9.79. The van der Waals surface area contributed by atoms with Gasteiger partial charge >= 0.3 is 12.1 Å². The lowest BCUT2D eigenvalue weighted by atomic mass is 10.1. The van der Waals surface area contributed by atoms with Gasteiger partial charge in [0, 0.05) is 12.0 Å². The second-order valence-electron chi connectivity index (χ2n) is 4.66. The molecule has 1 N–H and O–H groups in total.